The molecular formula is C24H40N6O. The minimum Gasteiger partial charge on any atom is -0.357 e. The fraction of sp³-hybridized carbons (Fsp3) is 0.667. The van der Waals surface area contributed by atoms with Gasteiger partial charge in [0.25, 0.3) is 0 Å². The zero-order chi connectivity index (χ0) is 21.9. The average Bonchev–Trinajstić information content (AvgIpc) is 2.79. The second-order valence-corrected chi connectivity index (χ2v) is 8.62. The van der Waals surface area contributed by atoms with E-state index in [-0.39, 0.29) is 5.91 Å². The number of piperidine rings is 1. The molecule has 2 fully saturated rings. The Balaban J connectivity index is 1.41. The lowest BCUT2D eigenvalue weighted by atomic mass is 10.1. The van der Waals surface area contributed by atoms with Crippen molar-refractivity contribution in [3.8, 4) is 0 Å². The molecule has 0 unspecified atom stereocenters. The Morgan fingerprint density at radius 1 is 0.903 bits per heavy atom. The van der Waals surface area contributed by atoms with E-state index in [4.69, 9.17) is 4.99 Å². The highest BCUT2D eigenvalue weighted by atomic mass is 16.2. The number of hydrogen-bond donors (Lipinski definition) is 2. The first kappa shape index (κ1) is 23.5. The highest BCUT2D eigenvalue weighted by molar-refractivity contribution is 5.79. The summed E-state index contributed by atoms with van der Waals surface area (Å²) >= 11 is 0. The molecule has 31 heavy (non-hydrogen) atoms. The maximum Gasteiger partial charge on any atom is 0.219 e. The highest BCUT2D eigenvalue weighted by Gasteiger charge is 2.18. The van der Waals surface area contributed by atoms with Crippen molar-refractivity contribution >= 4 is 11.9 Å². The summed E-state index contributed by atoms with van der Waals surface area (Å²) in [5.74, 6) is 1.04. The van der Waals surface area contributed by atoms with Gasteiger partial charge in [-0.1, -0.05) is 30.7 Å². The summed E-state index contributed by atoms with van der Waals surface area (Å²) < 4.78 is 0. The lowest BCUT2D eigenvalue weighted by Crippen LogP contribution is -2.50. The van der Waals surface area contributed by atoms with E-state index in [1.165, 1.54) is 43.5 Å². The van der Waals surface area contributed by atoms with Gasteiger partial charge in [0.2, 0.25) is 5.91 Å². The second-order valence-electron chi connectivity index (χ2n) is 8.62. The molecule has 0 aliphatic carbocycles. The average molecular weight is 429 g/mol. The van der Waals surface area contributed by atoms with E-state index in [1.54, 1.807) is 6.92 Å². The van der Waals surface area contributed by atoms with Crippen molar-refractivity contribution in [2.45, 2.75) is 46.2 Å². The molecule has 3 rings (SSSR count). The van der Waals surface area contributed by atoms with Gasteiger partial charge in [0, 0.05) is 59.3 Å². The van der Waals surface area contributed by atoms with Gasteiger partial charge >= 0.3 is 0 Å². The molecule has 0 radical (unpaired) electrons. The van der Waals surface area contributed by atoms with E-state index in [2.05, 4.69) is 51.6 Å². The highest BCUT2D eigenvalue weighted by Crippen LogP contribution is 2.14. The van der Waals surface area contributed by atoms with Gasteiger partial charge in [-0.05, 0) is 44.0 Å². The van der Waals surface area contributed by atoms with Crippen LogP contribution < -0.4 is 10.6 Å². The molecule has 172 valence electrons. The Labute approximate surface area is 187 Å². The van der Waals surface area contributed by atoms with Gasteiger partial charge in [0.15, 0.2) is 5.96 Å². The van der Waals surface area contributed by atoms with Crippen molar-refractivity contribution in [1.82, 2.24) is 25.3 Å². The standard InChI is InChI=1S/C24H40N6O/c1-3-25-24(26-11-14-28-15-17-30(18-16-28)21(2)31)27-19-22-7-9-23(10-8-22)20-29-12-5-4-6-13-29/h7-10H,3-6,11-20H2,1-2H3,(H2,25,26,27). The Morgan fingerprint density at radius 3 is 2.23 bits per heavy atom. The number of aliphatic imine (C=N–C) groups is 1. The van der Waals surface area contributed by atoms with E-state index in [9.17, 15) is 4.79 Å². The number of likely N-dealkylation sites (tertiary alicyclic amines) is 1. The van der Waals surface area contributed by atoms with Crippen LogP contribution in [0, 0.1) is 0 Å². The molecule has 2 N–H and O–H groups in total. The van der Waals surface area contributed by atoms with Gasteiger partial charge in [-0.3, -0.25) is 14.6 Å². The minimum absolute atomic E-state index is 0.180. The number of hydrogen-bond acceptors (Lipinski definition) is 4. The molecule has 7 heteroatoms. The SMILES string of the molecule is CCNC(=NCc1ccc(CN2CCCCC2)cc1)NCCN1CCN(C(C)=O)CC1. The summed E-state index contributed by atoms with van der Waals surface area (Å²) in [5.41, 5.74) is 2.63. The van der Waals surface area contributed by atoms with Crippen molar-refractivity contribution in [2.24, 2.45) is 4.99 Å². The monoisotopic (exact) mass is 428 g/mol. The number of guanidine groups is 1. The first-order valence-corrected chi connectivity index (χ1v) is 11.9. The molecule has 7 nitrogen and oxygen atoms in total. The third kappa shape index (κ3) is 8.15. The van der Waals surface area contributed by atoms with Crippen LogP contribution in [0.15, 0.2) is 29.3 Å². The minimum atomic E-state index is 0.180. The van der Waals surface area contributed by atoms with Gasteiger partial charge < -0.3 is 15.5 Å². The zero-order valence-corrected chi connectivity index (χ0v) is 19.4. The van der Waals surface area contributed by atoms with Crippen LogP contribution in [0.4, 0.5) is 0 Å². The topological polar surface area (TPSA) is 63.2 Å². The van der Waals surface area contributed by atoms with Gasteiger partial charge in [-0.25, -0.2) is 4.99 Å². The summed E-state index contributed by atoms with van der Waals surface area (Å²) in [6.45, 7) is 14.1. The zero-order valence-electron chi connectivity index (χ0n) is 19.4. The first-order valence-electron chi connectivity index (χ1n) is 11.9. The van der Waals surface area contributed by atoms with Crippen molar-refractivity contribution in [1.29, 1.82) is 0 Å². The van der Waals surface area contributed by atoms with Crippen molar-refractivity contribution in [2.75, 3.05) is 58.9 Å². The first-order chi connectivity index (χ1) is 15.1. The molecule has 1 aromatic carbocycles. The molecule has 2 aliphatic heterocycles. The molecule has 0 saturated carbocycles. The van der Waals surface area contributed by atoms with Crippen LogP contribution in [0.1, 0.15) is 44.2 Å². The number of nitrogens with zero attached hydrogens (tertiary/aromatic N) is 4. The van der Waals surface area contributed by atoms with Crippen molar-refractivity contribution in [3.63, 3.8) is 0 Å². The number of piperazine rings is 1. The Bertz CT molecular complexity index is 691. The molecule has 0 atom stereocenters. The van der Waals surface area contributed by atoms with E-state index in [0.29, 0.717) is 6.54 Å². The molecule has 0 aromatic heterocycles. The lowest BCUT2D eigenvalue weighted by molar-refractivity contribution is -0.130. The summed E-state index contributed by atoms with van der Waals surface area (Å²) in [7, 11) is 0. The van der Waals surface area contributed by atoms with Crippen LogP contribution in [-0.2, 0) is 17.9 Å². The van der Waals surface area contributed by atoms with E-state index >= 15 is 0 Å². The quantitative estimate of drug-likeness (QED) is 0.489. The van der Waals surface area contributed by atoms with E-state index in [0.717, 1.165) is 58.3 Å². The van der Waals surface area contributed by atoms with Crippen LogP contribution in [0.25, 0.3) is 0 Å². The smallest absolute Gasteiger partial charge is 0.219 e. The maximum atomic E-state index is 11.4. The molecule has 2 aliphatic rings. The summed E-state index contributed by atoms with van der Waals surface area (Å²) in [5, 5.41) is 6.79. The van der Waals surface area contributed by atoms with Crippen LogP contribution in [0.3, 0.4) is 0 Å². The number of amides is 1. The fourth-order valence-electron chi connectivity index (χ4n) is 4.26. The predicted octanol–water partition coefficient (Wildman–Crippen LogP) is 1.89. The summed E-state index contributed by atoms with van der Waals surface area (Å²) in [6, 6.07) is 8.92. The van der Waals surface area contributed by atoms with E-state index < -0.39 is 0 Å². The summed E-state index contributed by atoms with van der Waals surface area (Å²) in [6.07, 6.45) is 4.05. The number of carbonyl (C=O) groups is 1. The van der Waals surface area contributed by atoms with Gasteiger partial charge in [-0.15, -0.1) is 0 Å². The largest absolute Gasteiger partial charge is 0.357 e. The molecule has 2 heterocycles. The molecular weight excluding hydrogens is 388 g/mol. The van der Waals surface area contributed by atoms with Gasteiger partial charge in [-0.2, -0.15) is 0 Å². The molecule has 1 aromatic rings. The third-order valence-corrected chi connectivity index (χ3v) is 6.18. The Kier molecular flexibility index (Phi) is 9.62. The van der Waals surface area contributed by atoms with Crippen LogP contribution in [-0.4, -0.2) is 85.5 Å². The second kappa shape index (κ2) is 12.7. The van der Waals surface area contributed by atoms with Gasteiger partial charge in [0.1, 0.15) is 0 Å². The lowest BCUT2D eigenvalue weighted by Gasteiger charge is -2.34. The number of benzene rings is 1. The van der Waals surface area contributed by atoms with Crippen LogP contribution >= 0.6 is 0 Å². The molecule has 0 spiro atoms. The van der Waals surface area contributed by atoms with Gasteiger partial charge in [0.05, 0.1) is 6.54 Å². The van der Waals surface area contributed by atoms with E-state index in [1.807, 2.05) is 4.90 Å². The summed E-state index contributed by atoms with van der Waals surface area (Å²) in [4.78, 5) is 23.1. The number of rotatable bonds is 8. The maximum absolute atomic E-state index is 11.4. The Morgan fingerprint density at radius 2 is 1.58 bits per heavy atom. The van der Waals surface area contributed by atoms with Crippen LogP contribution in [0.5, 0.6) is 0 Å². The molecule has 0 bridgehead atoms. The number of carbonyl (C=O) groups excluding carboxylic acids is 1. The fourth-order valence-corrected chi connectivity index (χ4v) is 4.26. The molecule has 2 saturated heterocycles. The van der Waals surface area contributed by atoms with Crippen LogP contribution in [0.2, 0.25) is 0 Å². The number of nitrogens with one attached hydrogen (secondary N) is 2. The van der Waals surface area contributed by atoms with Crippen molar-refractivity contribution in [3.05, 3.63) is 35.4 Å². The predicted molar refractivity (Wildman–Crippen MR) is 127 cm³/mol. The van der Waals surface area contributed by atoms with Crippen molar-refractivity contribution < 1.29 is 4.79 Å². The third-order valence-electron chi connectivity index (χ3n) is 6.18. The molecule has 1 amide bonds. The Hall–Kier alpha value is -2.12. The normalized spacial score (nSPS) is 18.8.